The molecule has 1 N–H and O–H groups in total. The van der Waals surface area contributed by atoms with E-state index in [0.717, 1.165) is 19.3 Å². The van der Waals surface area contributed by atoms with Crippen molar-refractivity contribution in [3.05, 3.63) is 21.4 Å². The second kappa shape index (κ2) is 7.65. The highest BCUT2D eigenvalue weighted by atomic mass is 32.1. The van der Waals surface area contributed by atoms with Gasteiger partial charge in [-0.2, -0.15) is 0 Å². The van der Waals surface area contributed by atoms with E-state index < -0.39 is 0 Å². The third kappa shape index (κ3) is 4.62. The van der Waals surface area contributed by atoms with Crippen LogP contribution in [0.3, 0.4) is 0 Å². The number of hydrogen-bond acceptors (Lipinski definition) is 4. The van der Waals surface area contributed by atoms with Crippen molar-refractivity contribution < 1.29 is 9.53 Å². The molecular formula is C15H25NO2S. The van der Waals surface area contributed by atoms with Crippen molar-refractivity contribution in [2.75, 3.05) is 7.11 Å². The topological polar surface area (TPSA) is 38.3 Å². The van der Waals surface area contributed by atoms with Crippen molar-refractivity contribution in [2.24, 2.45) is 0 Å². The zero-order valence-electron chi connectivity index (χ0n) is 12.6. The summed E-state index contributed by atoms with van der Waals surface area (Å²) >= 11 is 1.80. The van der Waals surface area contributed by atoms with Crippen molar-refractivity contribution in [3.8, 4) is 0 Å². The summed E-state index contributed by atoms with van der Waals surface area (Å²) in [6.45, 7) is 8.48. The van der Waals surface area contributed by atoms with Gasteiger partial charge in [-0.15, -0.1) is 11.3 Å². The summed E-state index contributed by atoms with van der Waals surface area (Å²) in [5.74, 6) is -0.162. The van der Waals surface area contributed by atoms with Crippen LogP contribution in [0.5, 0.6) is 0 Å². The first-order valence-corrected chi connectivity index (χ1v) is 7.72. The molecule has 0 aliphatic rings. The van der Waals surface area contributed by atoms with E-state index in [0.29, 0.717) is 0 Å². The number of ether oxygens (including phenoxy) is 1. The number of aryl methyl sites for hydroxylation is 2. The Morgan fingerprint density at radius 2 is 2.16 bits per heavy atom. The number of methoxy groups -OCH3 is 1. The summed E-state index contributed by atoms with van der Waals surface area (Å²) in [4.78, 5) is 14.4. The third-order valence-corrected chi connectivity index (χ3v) is 4.31. The molecule has 1 aromatic heterocycles. The van der Waals surface area contributed by atoms with Gasteiger partial charge in [0, 0.05) is 15.8 Å². The van der Waals surface area contributed by atoms with Gasteiger partial charge in [0.25, 0.3) is 0 Å². The maximum Gasteiger partial charge on any atom is 0.322 e. The average molecular weight is 283 g/mol. The minimum Gasteiger partial charge on any atom is -0.468 e. The van der Waals surface area contributed by atoms with E-state index in [1.807, 2.05) is 0 Å². The van der Waals surface area contributed by atoms with Crippen molar-refractivity contribution in [1.82, 2.24) is 5.32 Å². The molecule has 0 saturated carbocycles. The Balaban J connectivity index is 2.72. The van der Waals surface area contributed by atoms with Gasteiger partial charge < -0.3 is 4.74 Å². The second-order valence-corrected chi connectivity index (χ2v) is 6.44. The highest BCUT2D eigenvalue weighted by Crippen LogP contribution is 2.26. The van der Waals surface area contributed by atoms with E-state index in [2.05, 4.69) is 39.1 Å². The summed E-state index contributed by atoms with van der Waals surface area (Å²) in [5.41, 5.74) is 1.29. The fourth-order valence-electron chi connectivity index (χ4n) is 2.29. The SMILES string of the molecule is CCCCC(NC(C)c1cc(C)sc1C)C(=O)OC. The number of esters is 1. The number of thiophene rings is 1. The van der Waals surface area contributed by atoms with Gasteiger partial charge in [0.2, 0.25) is 0 Å². The highest BCUT2D eigenvalue weighted by molar-refractivity contribution is 7.12. The molecule has 0 bridgehead atoms. The molecule has 0 spiro atoms. The molecule has 1 heterocycles. The molecule has 1 aromatic rings. The third-order valence-electron chi connectivity index (χ3n) is 3.33. The first kappa shape index (κ1) is 16.2. The fraction of sp³-hybridized carbons (Fsp3) is 0.667. The molecule has 0 radical (unpaired) electrons. The number of hydrogen-bond donors (Lipinski definition) is 1. The summed E-state index contributed by atoms with van der Waals surface area (Å²) in [6.07, 6.45) is 2.94. The maximum atomic E-state index is 11.8. The van der Waals surface area contributed by atoms with E-state index in [-0.39, 0.29) is 18.1 Å². The van der Waals surface area contributed by atoms with Crippen molar-refractivity contribution in [2.45, 2.75) is 59.0 Å². The molecule has 0 saturated heterocycles. The summed E-state index contributed by atoms with van der Waals surface area (Å²) in [5, 5.41) is 3.41. The summed E-state index contributed by atoms with van der Waals surface area (Å²) in [7, 11) is 1.45. The van der Waals surface area contributed by atoms with Crippen LogP contribution in [0.4, 0.5) is 0 Å². The number of nitrogens with one attached hydrogen (secondary N) is 1. The average Bonchev–Trinajstić information content (AvgIpc) is 2.72. The lowest BCUT2D eigenvalue weighted by atomic mass is 10.1. The lowest BCUT2D eigenvalue weighted by Crippen LogP contribution is -2.39. The van der Waals surface area contributed by atoms with Crippen LogP contribution in [0.1, 0.15) is 54.5 Å². The van der Waals surface area contributed by atoms with Crippen LogP contribution in [0.2, 0.25) is 0 Å². The predicted octanol–water partition coefficient (Wildman–Crippen LogP) is 3.75. The molecule has 0 aromatic carbocycles. The van der Waals surface area contributed by atoms with Gasteiger partial charge in [0.05, 0.1) is 7.11 Å². The number of carbonyl (C=O) groups is 1. The predicted molar refractivity (Wildman–Crippen MR) is 80.7 cm³/mol. The minimum absolute atomic E-state index is 0.162. The Labute approximate surface area is 120 Å². The standard InChI is InChI=1S/C15H25NO2S/c1-6-7-8-14(15(17)18-5)16-11(3)13-9-10(2)19-12(13)4/h9,11,14,16H,6-8H2,1-5H3. The highest BCUT2D eigenvalue weighted by Gasteiger charge is 2.22. The second-order valence-electron chi connectivity index (χ2n) is 4.97. The molecule has 0 fully saturated rings. The van der Waals surface area contributed by atoms with Crippen molar-refractivity contribution in [1.29, 1.82) is 0 Å². The van der Waals surface area contributed by atoms with Crippen LogP contribution in [-0.4, -0.2) is 19.1 Å². The fourth-order valence-corrected chi connectivity index (χ4v) is 3.31. The van der Waals surface area contributed by atoms with E-state index in [9.17, 15) is 4.79 Å². The van der Waals surface area contributed by atoms with Gasteiger partial charge in [0.15, 0.2) is 0 Å². The monoisotopic (exact) mass is 283 g/mol. The molecule has 0 aliphatic heterocycles. The molecule has 1 rings (SSSR count). The summed E-state index contributed by atoms with van der Waals surface area (Å²) < 4.78 is 4.88. The van der Waals surface area contributed by atoms with E-state index in [4.69, 9.17) is 4.74 Å². The largest absolute Gasteiger partial charge is 0.468 e. The maximum absolute atomic E-state index is 11.8. The Morgan fingerprint density at radius 3 is 2.63 bits per heavy atom. The zero-order valence-corrected chi connectivity index (χ0v) is 13.4. The van der Waals surface area contributed by atoms with Gasteiger partial charge >= 0.3 is 5.97 Å². The lowest BCUT2D eigenvalue weighted by molar-refractivity contribution is -0.143. The molecule has 2 unspecified atom stereocenters. The molecule has 3 nitrogen and oxygen atoms in total. The molecule has 0 amide bonds. The molecule has 0 aliphatic carbocycles. The molecule has 2 atom stereocenters. The Bertz CT molecular complexity index is 414. The van der Waals surface area contributed by atoms with E-state index in [1.54, 1.807) is 11.3 Å². The zero-order chi connectivity index (χ0) is 14.4. The Hall–Kier alpha value is -0.870. The van der Waals surface area contributed by atoms with Crippen LogP contribution in [0, 0.1) is 13.8 Å². The van der Waals surface area contributed by atoms with Gasteiger partial charge in [-0.1, -0.05) is 19.8 Å². The molecule has 4 heteroatoms. The first-order chi connectivity index (χ1) is 8.99. The van der Waals surface area contributed by atoms with E-state index in [1.165, 1.54) is 22.4 Å². The number of rotatable bonds is 7. The Kier molecular flexibility index (Phi) is 6.52. The number of carbonyl (C=O) groups excluding carboxylic acids is 1. The normalized spacial score (nSPS) is 14.2. The van der Waals surface area contributed by atoms with Gasteiger partial charge in [-0.25, -0.2) is 0 Å². The van der Waals surface area contributed by atoms with Crippen LogP contribution >= 0.6 is 11.3 Å². The Morgan fingerprint density at radius 1 is 1.47 bits per heavy atom. The van der Waals surface area contributed by atoms with Crippen LogP contribution in [-0.2, 0) is 9.53 Å². The van der Waals surface area contributed by atoms with Crippen LogP contribution in [0.25, 0.3) is 0 Å². The molecule has 108 valence electrons. The first-order valence-electron chi connectivity index (χ1n) is 6.90. The minimum atomic E-state index is -0.209. The number of unbranched alkanes of at least 4 members (excludes halogenated alkanes) is 1. The lowest BCUT2D eigenvalue weighted by Gasteiger charge is -2.21. The van der Waals surface area contributed by atoms with E-state index >= 15 is 0 Å². The van der Waals surface area contributed by atoms with Gasteiger partial charge in [-0.3, -0.25) is 10.1 Å². The van der Waals surface area contributed by atoms with Gasteiger partial charge in [0.1, 0.15) is 6.04 Å². The van der Waals surface area contributed by atoms with Crippen molar-refractivity contribution in [3.63, 3.8) is 0 Å². The van der Waals surface area contributed by atoms with Gasteiger partial charge in [-0.05, 0) is 38.8 Å². The molecular weight excluding hydrogens is 258 g/mol. The summed E-state index contributed by atoms with van der Waals surface area (Å²) in [6, 6.07) is 2.16. The quantitative estimate of drug-likeness (QED) is 0.775. The van der Waals surface area contributed by atoms with Crippen LogP contribution < -0.4 is 5.32 Å². The van der Waals surface area contributed by atoms with Crippen molar-refractivity contribution >= 4 is 17.3 Å². The molecule has 19 heavy (non-hydrogen) atoms. The van der Waals surface area contributed by atoms with Crippen LogP contribution in [0.15, 0.2) is 6.07 Å². The smallest absolute Gasteiger partial charge is 0.322 e.